The summed E-state index contributed by atoms with van der Waals surface area (Å²) in [5, 5.41) is 2.60. The SMILES string of the molecule is NC(=S)C1(NC(=O)c2c(F)cccc2F)CCCC1. The van der Waals surface area contributed by atoms with Crippen molar-refractivity contribution in [3.63, 3.8) is 0 Å². The van der Waals surface area contributed by atoms with Crippen LogP contribution in [0.3, 0.4) is 0 Å². The third-order valence-electron chi connectivity index (χ3n) is 3.47. The minimum atomic E-state index is -0.895. The first kappa shape index (κ1) is 13.9. The van der Waals surface area contributed by atoms with Crippen molar-refractivity contribution in [3.8, 4) is 0 Å². The fourth-order valence-corrected chi connectivity index (χ4v) is 2.66. The summed E-state index contributed by atoms with van der Waals surface area (Å²) in [6.07, 6.45) is 2.95. The first-order valence-electron chi connectivity index (χ1n) is 6.03. The normalized spacial score (nSPS) is 17.2. The number of benzene rings is 1. The Kier molecular flexibility index (Phi) is 3.80. The van der Waals surface area contributed by atoms with Crippen LogP contribution in [0.1, 0.15) is 36.0 Å². The summed E-state index contributed by atoms with van der Waals surface area (Å²) in [5.74, 6) is -2.60. The predicted octanol–water partition coefficient (Wildman–Crippen LogP) is 2.29. The van der Waals surface area contributed by atoms with Crippen LogP contribution in [0.4, 0.5) is 8.78 Å². The Morgan fingerprint density at radius 2 is 1.79 bits per heavy atom. The number of hydrogen-bond acceptors (Lipinski definition) is 2. The first-order valence-corrected chi connectivity index (χ1v) is 6.43. The van der Waals surface area contributed by atoms with Gasteiger partial charge < -0.3 is 11.1 Å². The lowest BCUT2D eigenvalue weighted by Gasteiger charge is -2.29. The van der Waals surface area contributed by atoms with Crippen LogP contribution in [0, 0.1) is 11.6 Å². The molecular weight excluding hydrogens is 270 g/mol. The van der Waals surface area contributed by atoms with Crippen molar-refractivity contribution >= 4 is 23.1 Å². The smallest absolute Gasteiger partial charge is 0.258 e. The molecule has 2 rings (SSSR count). The fraction of sp³-hybridized carbons (Fsp3) is 0.385. The number of nitrogens with one attached hydrogen (secondary N) is 1. The van der Waals surface area contributed by atoms with Gasteiger partial charge in [0.15, 0.2) is 0 Å². The van der Waals surface area contributed by atoms with Gasteiger partial charge in [-0.1, -0.05) is 31.1 Å². The van der Waals surface area contributed by atoms with Gasteiger partial charge in [-0.25, -0.2) is 8.78 Å². The minimum absolute atomic E-state index is 0.162. The van der Waals surface area contributed by atoms with Gasteiger partial charge in [0.25, 0.3) is 5.91 Å². The van der Waals surface area contributed by atoms with Gasteiger partial charge in [0.2, 0.25) is 0 Å². The van der Waals surface area contributed by atoms with E-state index in [9.17, 15) is 13.6 Å². The second kappa shape index (κ2) is 5.21. The highest BCUT2D eigenvalue weighted by Crippen LogP contribution is 2.30. The average Bonchev–Trinajstić information content (AvgIpc) is 2.78. The van der Waals surface area contributed by atoms with Crippen LogP contribution in [0.25, 0.3) is 0 Å². The van der Waals surface area contributed by atoms with E-state index in [4.69, 9.17) is 18.0 Å². The van der Waals surface area contributed by atoms with Gasteiger partial charge in [-0.3, -0.25) is 4.79 Å². The Hall–Kier alpha value is -1.56. The number of hydrogen-bond donors (Lipinski definition) is 2. The third-order valence-corrected chi connectivity index (χ3v) is 3.86. The zero-order valence-corrected chi connectivity index (χ0v) is 11.0. The second-order valence-corrected chi connectivity index (χ2v) is 5.14. The molecule has 0 radical (unpaired) electrons. The molecule has 1 amide bonds. The monoisotopic (exact) mass is 284 g/mol. The van der Waals surface area contributed by atoms with Crippen molar-refractivity contribution in [2.24, 2.45) is 5.73 Å². The third kappa shape index (κ3) is 2.58. The number of thiocarbonyl (C=S) groups is 1. The molecular formula is C13H14F2N2OS. The van der Waals surface area contributed by atoms with Crippen molar-refractivity contribution in [2.45, 2.75) is 31.2 Å². The van der Waals surface area contributed by atoms with Crippen LogP contribution < -0.4 is 11.1 Å². The molecule has 0 atom stereocenters. The molecule has 1 aliphatic rings. The summed E-state index contributed by atoms with van der Waals surface area (Å²) >= 11 is 4.98. The van der Waals surface area contributed by atoms with E-state index in [2.05, 4.69) is 5.32 Å². The summed E-state index contributed by atoms with van der Waals surface area (Å²) in [7, 11) is 0. The average molecular weight is 284 g/mol. The minimum Gasteiger partial charge on any atom is -0.391 e. The fourth-order valence-electron chi connectivity index (χ4n) is 2.41. The molecule has 3 nitrogen and oxygen atoms in total. The molecule has 0 bridgehead atoms. The number of amides is 1. The molecule has 3 N–H and O–H groups in total. The highest BCUT2D eigenvalue weighted by Gasteiger charge is 2.39. The second-order valence-electron chi connectivity index (χ2n) is 4.70. The van der Waals surface area contributed by atoms with Crippen LogP contribution in [0.15, 0.2) is 18.2 Å². The molecule has 1 fully saturated rings. The van der Waals surface area contributed by atoms with E-state index in [1.54, 1.807) is 0 Å². The van der Waals surface area contributed by atoms with Gasteiger partial charge in [-0.2, -0.15) is 0 Å². The Bertz CT molecular complexity index is 507. The molecule has 0 unspecified atom stereocenters. The lowest BCUT2D eigenvalue weighted by Crippen LogP contribution is -2.55. The van der Waals surface area contributed by atoms with Crippen LogP contribution >= 0.6 is 12.2 Å². The Morgan fingerprint density at radius 1 is 1.26 bits per heavy atom. The summed E-state index contributed by atoms with van der Waals surface area (Å²) in [5.41, 5.74) is 4.25. The van der Waals surface area contributed by atoms with Crippen LogP contribution in [-0.2, 0) is 0 Å². The molecule has 102 valence electrons. The summed E-state index contributed by atoms with van der Waals surface area (Å²) < 4.78 is 27.1. The molecule has 0 heterocycles. The lowest BCUT2D eigenvalue weighted by molar-refractivity contribution is 0.0916. The molecule has 1 saturated carbocycles. The van der Waals surface area contributed by atoms with E-state index in [0.717, 1.165) is 25.0 Å². The van der Waals surface area contributed by atoms with Crippen molar-refractivity contribution in [1.29, 1.82) is 0 Å². The highest BCUT2D eigenvalue weighted by molar-refractivity contribution is 7.80. The predicted molar refractivity (Wildman–Crippen MR) is 71.8 cm³/mol. The summed E-state index contributed by atoms with van der Waals surface area (Å²) in [4.78, 5) is 12.2. The van der Waals surface area contributed by atoms with E-state index >= 15 is 0 Å². The van der Waals surface area contributed by atoms with Crippen molar-refractivity contribution in [1.82, 2.24) is 5.32 Å². The zero-order chi connectivity index (χ0) is 14.0. The number of carbonyl (C=O) groups is 1. The Morgan fingerprint density at radius 3 is 2.26 bits per heavy atom. The largest absolute Gasteiger partial charge is 0.391 e. The maximum Gasteiger partial charge on any atom is 0.258 e. The van der Waals surface area contributed by atoms with Gasteiger partial charge in [-0.05, 0) is 25.0 Å². The Balaban J connectivity index is 2.28. The zero-order valence-electron chi connectivity index (χ0n) is 10.2. The Labute approximate surface area is 115 Å². The van der Waals surface area contributed by atoms with E-state index in [-0.39, 0.29) is 4.99 Å². The lowest BCUT2D eigenvalue weighted by atomic mass is 9.97. The maximum absolute atomic E-state index is 13.5. The topological polar surface area (TPSA) is 55.1 Å². The van der Waals surface area contributed by atoms with Crippen LogP contribution in [0.5, 0.6) is 0 Å². The van der Waals surface area contributed by atoms with E-state index in [1.807, 2.05) is 0 Å². The van der Waals surface area contributed by atoms with Gasteiger partial charge in [0, 0.05) is 0 Å². The quantitative estimate of drug-likeness (QED) is 0.837. The standard InChI is InChI=1S/C13H14F2N2OS/c14-8-4-3-5-9(15)10(8)11(18)17-13(12(16)19)6-1-2-7-13/h3-5H,1-2,6-7H2,(H2,16,19)(H,17,18). The number of nitrogens with two attached hydrogens (primary N) is 1. The molecule has 6 heteroatoms. The molecule has 1 aromatic carbocycles. The summed E-state index contributed by atoms with van der Waals surface area (Å²) in [6, 6.07) is 3.29. The van der Waals surface area contributed by atoms with Crippen LogP contribution in [0.2, 0.25) is 0 Å². The molecule has 1 aliphatic carbocycles. The van der Waals surface area contributed by atoms with E-state index in [1.165, 1.54) is 6.07 Å². The first-order chi connectivity index (χ1) is 8.96. The van der Waals surface area contributed by atoms with Crippen molar-refractivity contribution in [3.05, 3.63) is 35.4 Å². The highest BCUT2D eigenvalue weighted by atomic mass is 32.1. The van der Waals surface area contributed by atoms with Crippen molar-refractivity contribution in [2.75, 3.05) is 0 Å². The van der Waals surface area contributed by atoms with E-state index < -0.39 is 28.6 Å². The van der Waals surface area contributed by atoms with Gasteiger partial charge in [0.05, 0.1) is 10.5 Å². The molecule has 0 spiro atoms. The maximum atomic E-state index is 13.5. The molecule has 0 saturated heterocycles. The molecule has 0 aromatic heterocycles. The summed E-state index contributed by atoms with van der Waals surface area (Å²) in [6.45, 7) is 0. The van der Waals surface area contributed by atoms with Gasteiger partial charge in [-0.15, -0.1) is 0 Å². The van der Waals surface area contributed by atoms with Crippen LogP contribution in [-0.4, -0.2) is 16.4 Å². The van der Waals surface area contributed by atoms with Crippen molar-refractivity contribution < 1.29 is 13.6 Å². The molecule has 1 aromatic rings. The van der Waals surface area contributed by atoms with Gasteiger partial charge >= 0.3 is 0 Å². The van der Waals surface area contributed by atoms with E-state index in [0.29, 0.717) is 12.8 Å². The molecule has 19 heavy (non-hydrogen) atoms. The number of rotatable bonds is 3. The number of halogens is 2. The molecule has 0 aliphatic heterocycles. The van der Waals surface area contributed by atoms with Gasteiger partial charge in [0.1, 0.15) is 17.2 Å². The number of carbonyl (C=O) groups excluding carboxylic acids is 1.